The van der Waals surface area contributed by atoms with E-state index in [4.69, 9.17) is 25.8 Å². The highest BCUT2D eigenvalue weighted by Gasteiger charge is 2.40. The number of rotatable bonds is 4. The van der Waals surface area contributed by atoms with Gasteiger partial charge in [0.15, 0.2) is 5.65 Å². The number of hydrogen-bond acceptors (Lipinski definition) is 5. The van der Waals surface area contributed by atoms with Crippen LogP contribution in [-0.4, -0.2) is 47.0 Å². The monoisotopic (exact) mass is 479 g/mol. The van der Waals surface area contributed by atoms with E-state index < -0.39 is 5.82 Å². The standard InChI is InChI=1S/C26H23ClFN3O3/c27-19-13-21-25(31-26(29-21)34-23-14-33-22-9-11-32-10-8-18(22)23)30-24(19)17-7-6-16(12-20(17)28)15-4-2-1-3-5-15/h1-7,12-13,18,22-23H,8-11,14H2,(H,29,30,31)/t18-,22-,23?/m1/s1. The predicted molar refractivity (Wildman–Crippen MR) is 127 cm³/mol. The molecule has 0 spiro atoms. The Morgan fingerprint density at radius 2 is 1.85 bits per heavy atom. The molecular formula is C26H23ClFN3O3. The lowest BCUT2D eigenvalue weighted by Gasteiger charge is -2.19. The third kappa shape index (κ3) is 4.04. The number of H-pyrrole nitrogens is 1. The van der Waals surface area contributed by atoms with E-state index in [1.54, 1.807) is 12.1 Å². The second-order valence-corrected chi connectivity index (χ2v) is 9.08. The van der Waals surface area contributed by atoms with E-state index in [0.29, 0.717) is 53.3 Å². The van der Waals surface area contributed by atoms with Gasteiger partial charge >= 0.3 is 0 Å². The molecule has 2 aromatic heterocycles. The van der Waals surface area contributed by atoms with E-state index in [9.17, 15) is 0 Å². The fraction of sp³-hybridized carbons (Fsp3) is 0.308. The Labute approximate surface area is 201 Å². The molecule has 4 heterocycles. The van der Waals surface area contributed by atoms with Crippen molar-refractivity contribution in [1.82, 2.24) is 15.0 Å². The van der Waals surface area contributed by atoms with E-state index >= 15 is 4.39 Å². The minimum Gasteiger partial charge on any atom is -0.459 e. The van der Waals surface area contributed by atoms with Crippen LogP contribution in [0.2, 0.25) is 5.02 Å². The average molecular weight is 480 g/mol. The van der Waals surface area contributed by atoms with Crippen molar-refractivity contribution in [3.63, 3.8) is 0 Å². The topological polar surface area (TPSA) is 69.3 Å². The molecule has 1 N–H and O–H groups in total. The van der Waals surface area contributed by atoms with Gasteiger partial charge in [-0.3, -0.25) is 0 Å². The SMILES string of the molecule is Fc1cc(-c2ccccc2)ccc1-c1nc2nc(OC3CO[C@@H]4CCOCC[C@@H]34)[nH]c2cc1Cl. The zero-order valence-electron chi connectivity index (χ0n) is 18.3. The molecule has 1 unspecified atom stereocenters. The van der Waals surface area contributed by atoms with Crippen LogP contribution in [0.3, 0.4) is 0 Å². The maximum atomic E-state index is 15.1. The molecule has 34 heavy (non-hydrogen) atoms. The van der Waals surface area contributed by atoms with Crippen molar-refractivity contribution in [2.24, 2.45) is 5.92 Å². The van der Waals surface area contributed by atoms with Gasteiger partial charge in [-0.2, -0.15) is 4.98 Å². The molecule has 0 saturated carbocycles. The van der Waals surface area contributed by atoms with E-state index in [-0.39, 0.29) is 18.1 Å². The van der Waals surface area contributed by atoms with Gasteiger partial charge in [0, 0.05) is 24.7 Å². The average Bonchev–Trinajstić information content (AvgIpc) is 3.33. The smallest absolute Gasteiger partial charge is 0.296 e. The van der Waals surface area contributed by atoms with Crippen LogP contribution >= 0.6 is 11.6 Å². The minimum atomic E-state index is -0.396. The van der Waals surface area contributed by atoms with Crippen molar-refractivity contribution in [3.8, 4) is 28.4 Å². The molecular weight excluding hydrogens is 457 g/mol. The number of imidazole rings is 1. The van der Waals surface area contributed by atoms with Gasteiger partial charge in [-0.15, -0.1) is 0 Å². The van der Waals surface area contributed by atoms with Crippen LogP contribution in [0.4, 0.5) is 4.39 Å². The zero-order valence-corrected chi connectivity index (χ0v) is 19.1. The zero-order chi connectivity index (χ0) is 23.1. The third-order valence-corrected chi connectivity index (χ3v) is 6.86. The van der Waals surface area contributed by atoms with E-state index in [1.807, 2.05) is 36.4 Å². The molecule has 0 radical (unpaired) electrons. The van der Waals surface area contributed by atoms with Gasteiger partial charge in [0.2, 0.25) is 0 Å². The first-order valence-electron chi connectivity index (χ1n) is 11.4. The summed E-state index contributed by atoms with van der Waals surface area (Å²) in [7, 11) is 0. The van der Waals surface area contributed by atoms with Crippen molar-refractivity contribution >= 4 is 22.8 Å². The van der Waals surface area contributed by atoms with Gasteiger partial charge < -0.3 is 19.2 Å². The first-order chi connectivity index (χ1) is 16.7. The van der Waals surface area contributed by atoms with Crippen molar-refractivity contribution in [2.75, 3.05) is 19.8 Å². The van der Waals surface area contributed by atoms with Gasteiger partial charge in [0.05, 0.1) is 28.9 Å². The van der Waals surface area contributed by atoms with Crippen LogP contribution in [0, 0.1) is 11.7 Å². The maximum Gasteiger partial charge on any atom is 0.296 e. The summed E-state index contributed by atoms with van der Waals surface area (Å²) in [4.78, 5) is 12.2. The van der Waals surface area contributed by atoms with Gasteiger partial charge in [0.1, 0.15) is 11.9 Å². The minimum absolute atomic E-state index is 0.106. The molecule has 2 fully saturated rings. The predicted octanol–water partition coefficient (Wildman–Crippen LogP) is 5.66. The van der Waals surface area contributed by atoms with Crippen LogP contribution < -0.4 is 4.74 Å². The molecule has 8 heteroatoms. The summed E-state index contributed by atoms with van der Waals surface area (Å²) in [5.41, 5.74) is 3.44. The molecule has 3 atom stereocenters. The third-order valence-electron chi connectivity index (χ3n) is 6.57. The van der Waals surface area contributed by atoms with Crippen LogP contribution in [0.15, 0.2) is 54.6 Å². The van der Waals surface area contributed by atoms with Crippen molar-refractivity contribution < 1.29 is 18.6 Å². The van der Waals surface area contributed by atoms with E-state index in [2.05, 4.69) is 15.0 Å². The lowest BCUT2D eigenvalue weighted by Crippen LogP contribution is -2.29. The number of hydrogen-bond donors (Lipinski definition) is 1. The summed E-state index contributed by atoms with van der Waals surface area (Å²) < 4.78 is 32.7. The summed E-state index contributed by atoms with van der Waals surface area (Å²) in [5.74, 6) is -0.133. The molecule has 4 aromatic rings. The highest BCUT2D eigenvalue weighted by atomic mass is 35.5. The Balaban J connectivity index is 1.28. The van der Waals surface area contributed by atoms with Crippen molar-refractivity contribution in [2.45, 2.75) is 25.0 Å². The number of nitrogens with one attached hydrogen (secondary N) is 1. The summed E-state index contributed by atoms with van der Waals surface area (Å²) in [6, 6.07) is 16.8. The van der Waals surface area contributed by atoms with Crippen LogP contribution in [0.1, 0.15) is 12.8 Å². The molecule has 174 valence electrons. The van der Waals surface area contributed by atoms with Crippen molar-refractivity contribution in [3.05, 3.63) is 65.4 Å². The molecule has 0 amide bonds. The summed E-state index contributed by atoms with van der Waals surface area (Å²) in [5, 5.41) is 0.333. The number of fused-ring (bicyclic) bond motifs is 2. The fourth-order valence-corrected chi connectivity index (χ4v) is 5.07. The molecule has 6 nitrogen and oxygen atoms in total. The lowest BCUT2D eigenvalue weighted by atomic mass is 9.94. The molecule has 2 aromatic carbocycles. The Morgan fingerprint density at radius 1 is 1.00 bits per heavy atom. The molecule has 2 saturated heterocycles. The Kier molecular flexibility index (Phi) is 5.69. The van der Waals surface area contributed by atoms with Gasteiger partial charge in [0.25, 0.3) is 6.01 Å². The quantitative estimate of drug-likeness (QED) is 0.409. The molecule has 0 aliphatic carbocycles. The number of pyridine rings is 1. The lowest BCUT2D eigenvalue weighted by molar-refractivity contribution is 0.0655. The number of nitrogens with zero attached hydrogens (tertiary/aromatic N) is 2. The molecule has 0 bridgehead atoms. The van der Waals surface area contributed by atoms with Gasteiger partial charge in [-0.1, -0.05) is 48.0 Å². The second kappa shape index (κ2) is 8.98. The summed E-state index contributed by atoms with van der Waals surface area (Å²) in [6.45, 7) is 1.94. The van der Waals surface area contributed by atoms with E-state index in [1.165, 1.54) is 6.07 Å². The van der Waals surface area contributed by atoms with Gasteiger partial charge in [-0.05, 0) is 42.2 Å². The van der Waals surface area contributed by atoms with E-state index in [0.717, 1.165) is 24.0 Å². The fourth-order valence-electron chi connectivity index (χ4n) is 4.82. The normalized spacial score (nSPS) is 22.5. The molecule has 2 aliphatic heterocycles. The summed E-state index contributed by atoms with van der Waals surface area (Å²) in [6.07, 6.45) is 1.81. The van der Waals surface area contributed by atoms with Crippen LogP contribution in [-0.2, 0) is 9.47 Å². The Bertz CT molecular complexity index is 1330. The maximum absolute atomic E-state index is 15.1. The van der Waals surface area contributed by atoms with Gasteiger partial charge in [-0.25, -0.2) is 9.37 Å². The number of benzene rings is 2. The molecule has 6 rings (SSSR count). The van der Waals surface area contributed by atoms with Crippen molar-refractivity contribution in [1.29, 1.82) is 0 Å². The number of halogens is 2. The number of aromatic amines is 1. The molecule has 2 aliphatic rings. The first kappa shape index (κ1) is 21.5. The highest BCUT2D eigenvalue weighted by Crippen LogP contribution is 2.35. The Hall–Kier alpha value is -3.00. The summed E-state index contributed by atoms with van der Waals surface area (Å²) >= 11 is 6.50. The number of ether oxygens (including phenoxy) is 3. The van der Waals surface area contributed by atoms with Crippen LogP contribution in [0.25, 0.3) is 33.5 Å². The van der Waals surface area contributed by atoms with Crippen LogP contribution in [0.5, 0.6) is 6.01 Å². The second-order valence-electron chi connectivity index (χ2n) is 8.67. The Morgan fingerprint density at radius 3 is 2.71 bits per heavy atom. The highest BCUT2D eigenvalue weighted by molar-refractivity contribution is 6.33. The first-order valence-corrected chi connectivity index (χ1v) is 11.8. The number of aromatic nitrogens is 3. The largest absolute Gasteiger partial charge is 0.459 e.